The maximum Gasteiger partial charge on any atom is 0.270 e. The van der Waals surface area contributed by atoms with E-state index >= 15 is 0 Å². The van der Waals surface area contributed by atoms with Crippen LogP contribution in [-0.4, -0.2) is 4.92 Å². The minimum atomic E-state index is -0.489. The van der Waals surface area contributed by atoms with Crippen molar-refractivity contribution in [1.82, 2.24) is 0 Å². The molecule has 2 rings (SSSR count). The minimum absolute atomic E-state index is 0.0338. The molecule has 0 saturated heterocycles. The van der Waals surface area contributed by atoms with Crippen molar-refractivity contribution < 1.29 is 9.34 Å². The number of nitro benzene ring substituents is 1. The highest BCUT2D eigenvalue weighted by molar-refractivity contribution is 9.10. The summed E-state index contributed by atoms with van der Waals surface area (Å²) >= 11 is 3.26. The molecule has 0 bridgehead atoms. The third-order valence-corrected chi connectivity index (χ3v) is 3.24. The quantitative estimate of drug-likeness (QED) is 0.475. The predicted octanol–water partition coefficient (Wildman–Crippen LogP) is 4.05. The summed E-state index contributed by atoms with van der Waals surface area (Å²) < 4.78 is 6.02. The third-order valence-electron chi connectivity index (χ3n) is 2.58. The predicted molar refractivity (Wildman–Crippen MR) is 77.7 cm³/mol. The molecule has 0 aliphatic carbocycles. The number of hydrogen-bond acceptors (Lipinski definition) is 5. The number of hydrogen-bond donors (Lipinski definition) is 0. The summed E-state index contributed by atoms with van der Waals surface area (Å²) in [6.45, 7) is 0. The topological polar surface area (TPSA) is 104 Å². The van der Waals surface area contributed by atoms with Gasteiger partial charge in [0.25, 0.3) is 5.69 Å². The maximum absolute atomic E-state index is 10.7. The zero-order chi connectivity index (χ0) is 15.4. The third kappa shape index (κ3) is 3.16. The molecule has 7 heteroatoms. The van der Waals surface area contributed by atoms with Crippen molar-refractivity contribution >= 4 is 27.7 Å². The van der Waals surface area contributed by atoms with Gasteiger partial charge in [-0.2, -0.15) is 10.5 Å². The van der Waals surface area contributed by atoms with Gasteiger partial charge in [-0.15, -0.1) is 0 Å². The smallest absolute Gasteiger partial charge is 0.270 e. The SMILES string of the molecule is N#CC(C#N)=Cc1ccc(-c2ccc([N+](=O)[O-])cc2Br)o1. The normalized spacial score (nSPS) is 9.48. The molecule has 0 atom stereocenters. The number of allylic oxidation sites excluding steroid dienone is 1. The Hall–Kier alpha value is -2.90. The van der Waals surface area contributed by atoms with E-state index in [0.29, 0.717) is 21.6 Å². The summed E-state index contributed by atoms with van der Waals surface area (Å²) in [4.78, 5) is 10.2. The second-order valence-electron chi connectivity index (χ2n) is 3.90. The molecular weight excluding hydrogens is 338 g/mol. The van der Waals surface area contributed by atoms with E-state index in [2.05, 4.69) is 15.9 Å². The van der Waals surface area contributed by atoms with Crippen molar-refractivity contribution in [3.05, 3.63) is 56.3 Å². The summed E-state index contributed by atoms with van der Waals surface area (Å²) in [5.41, 5.74) is 0.530. The van der Waals surface area contributed by atoms with E-state index in [1.54, 1.807) is 30.3 Å². The van der Waals surface area contributed by atoms with E-state index < -0.39 is 4.92 Å². The van der Waals surface area contributed by atoms with Crippen molar-refractivity contribution in [2.75, 3.05) is 0 Å². The first-order valence-corrected chi connectivity index (χ1v) is 6.40. The number of halogens is 1. The lowest BCUT2D eigenvalue weighted by Gasteiger charge is -2.00. The van der Waals surface area contributed by atoms with Gasteiger partial charge in [0.05, 0.1) is 4.92 Å². The van der Waals surface area contributed by atoms with Crippen molar-refractivity contribution in [3.63, 3.8) is 0 Å². The average Bonchev–Trinajstić information content (AvgIpc) is 2.92. The monoisotopic (exact) mass is 343 g/mol. The van der Waals surface area contributed by atoms with Gasteiger partial charge in [-0.1, -0.05) is 0 Å². The molecule has 0 N–H and O–H groups in total. The molecule has 0 saturated carbocycles. The second-order valence-corrected chi connectivity index (χ2v) is 4.76. The molecule has 0 unspecified atom stereocenters. The summed E-state index contributed by atoms with van der Waals surface area (Å²) in [7, 11) is 0. The van der Waals surface area contributed by atoms with Gasteiger partial charge in [0.1, 0.15) is 29.2 Å². The van der Waals surface area contributed by atoms with E-state index in [9.17, 15) is 10.1 Å². The first-order valence-electron chi connectivity index (χ1n) is 5.61. The number of non-ortho nitro benzene ring substituents is 1. The van der Waals surface area contributed by atoms with Crippen LogP contribution in [-0.2, 0) is 0 Å². The van der Waals surface area contributed by atoms with Gasteiger partial charge in [0.2, 0.25) is 0 Å². The highest BCUT2D eigenvalue weighted by Crippen LogP contribution is 2.32. The number of nitrogens with zero attached hydrogens (tertiary/aromatic N) is 3. The summed E-state index contributed by atoms with van der Waals surface area (Å²) in [6.07, 6.45) is 1.32. The van der Waals surface area contributed by atoms with Crippen molar-refractivity contribution in [2.45, 2.75) is 0 Å². The lowest BCUT2D eigenvalue weighted by atomic mass is 10.1. The van der Waals surface area contributed by atoms with Gasteiger partial charge in [-0.05, 0) is 34.1 Å². The lowest BCUT2D eigenvalue weighted by molar-refractivity contribution is -0.384. The Kier molecular flexibility index (Phi) is 4.17. The highest BCUT2D eigenvalue weighted by Gasteiger charge is 2.13. The molecule has 6 nitrogen and oxygen atoms in total. The molecule has 1 aromatic heterocycles. The van der Waals surface area contributed by atoms with Gasteiger partial charge in [-0.3, -0.25) is 10.1 Å². The number of rotatable bonds is 3. The molecule has 0 aliphatic rings. The van der Waals surface area contributed by atoms with Gasteiger partial charge >= 0.3 is 0 Å². The van der Waals surface area contributed by atoms with Crippen molar-refractivity contribution in [1.29, 1.82) is 10.5 Å². The lowest BCUT2D eigenvalue weighted by Crippen LogP contribution is -1.88. The molecule has 21 heavy (non-hydrogen) atoms. The largest absolute Gasteiger partial charge is 0.457 e. The Balaban J connectivity index is 2.39. The van der Waals surface area contributed by atoms with Gasteiger partial charge < -0.3 is 4.42 Å². The van der Waals surface area contributed by atoms with Crippen molar-refractivity contribution in [3.8, 4) is 23.5 Å². The fourth-order valence-electron chi connectivity index (χ4n) is 1.62. The molecule has 0 spiro atoms. The first-order chi connectivity index (χ1) is 10.0. The standard InChI is InChI=1S/C14H6BrN3O3/c15-13-6-10(18(19)20)1-3-12(13)14-4-2-11(21-14)5-9(7-16)8-17/h1-6H. The molecule has 0 radical (unpaired) electrons. The molecule has 0 amide bonds. The van der Waals surface area contributed by atoms with Crippen LogP contribution in [0.15, 0.2) is 44.8 Å². The summed E-state index contributed by atoms with van der Waals surface area (Å²) in [5.74, 6) is 0.826. The van der Waals surface area contributed by atoms with E-state index in [-0.39, 0.29) is 11.3 Å². The zero-order valence-corrected chi connectivity index (χ0v) is 12.0. The van der Waals surface area contributed by atoms with Crippen LogP contribution in [0, 0.1) is 32.8 Å². The fourth-order valence-corrected chi connectivity index (χ4v) is 2.19. The number of benzene rings is 1. The molecule has 2 aromatic rings. The number of nitriles is 2. The van der Waals surface area contributed by atoms with Gasteiger partial charge in [0, 0.05) is 28.2 Å². The average molecular weight is 344 g/mol. The Morgan fingerprint density at radius 3 is 2.57 bits per heavy atom. The van der Waals surface area contributed by atoms with Gasteiger partial charge in [0.15, 0.2) is 0 Å². The second kappa shape index (κ2) is 6.04. The van der Waals surface area contributed by atoms with E-state index in [1.165, 1.54) is 18.2 Å². The zero-order valence-electron chi connectivity index (χ0n) is 10.4. The van der Waals surface area contributed by atoms with Crippen molar-refractivity contribution in [2.24, 2.45) is 0 Å². The van der Waals surface area contributed by atoms with Gasteiger partial charge in [-0.25, -0.2) is 0 Å². The van der Waals surface area contributed by atoms with Crippen LogP contribution in [0.3, 0.4) is 0 Å². The number of nitro groups is 1. The number of furan rings is 1. The Bertz CT molecular complexity index is 809. The minimum Gasteiger partial charge on any atom is -0.457 e. The van der Waals surface area contributed by atoms with Crippen LogP contribution in [0.1, 0.15) is 5.76 Å². The first kappa shape index (κ1) is 14.5. The Labute approximate surface area is 127 Å². The fraction of sp³-hybridized carbons (Fsp3) is 0. The summed E-state index contributed by atoms with van der Waals surface area (Å²) in [5, 5.41) is 28.1. The van der Waals surface area contributed by atoms with E-state index in [1.807, 2.05) is 0 Å². The summed E-state index contributed by atoms with van der Waals surface area (Å²) in [6, 6.07) is 11.0. The highest BCUT2D eigenvalue weighted by atomic mass is 79.9. The Morgan fingerprint density at radius 1 is 1.29 bits per heavy atom. The molecule has 1 aromatic carbocycles. The van der Waals surface area contributed by atoms with E-state index in [0.717, 1.165) is 0 Å². The van der Waals surface area contributed by atoms with Crippen LogP contribution >= 0.6 is 15.9 Å². The van der Waals surface area contributed by atoms with E-state index in [4.69, 9.17) is 14.9 Å². The molecule has 102 valence electrons. The molecule has 0 aliphatic heterocycles. The maximum atomic E-state index is 10.7. The van der Waals surface area contributed by atoms with Crippen LogP contribution < -0.4 is 0 Å². The molecule has 0 fully saturated rings. The van der Waals surface area contributed by atoms with Crippen LogP contribution in [0.4, 0.5) is 5.69 Å². The molecule has 1 heterocycles. The molecular formula is C14H6BrN3O3. The Morgan fingerprint density at radius 2 is 2.00 bits per heavy atom. The van der Waals surface area contributed by atoms with Crippen LogP contribution in [0.25, 0.3) is 17.4 Å². The van der Waals surface area contributed by atoms with Crippen LogP contribution in [0.5, 0.6) is 0 Å². The van der Waals surface area contributed by atoms with Crippen LogP contribution in [0.2, 0.25) is 0 Å².